The highest BCUT2D eigenvalue weighted by atomic mass is 16.2. The lowest BCUT2D eigenvalue weighted by Gasteiger charge is -2.38. The molecule has 2 aliphatic rings. The SMILES string of the molecule is Cc1cccc(N2CCN(CC(=O)N3CCCC(Cn4ccnc4)C3)CC2)c1. The summed E-state index contributed by atoms with van der Waals surface area (Å²) >= 11 is 0. The summed E-state index contributed by atoms with van der Waals surface area (Å²) in [6, 6.07) is 8.69. The van der Waals surface area contributed by atoms with Crippen molar-refractivity contribution in [1.29, 1.82) is 0 Å². The molecular weight excluding hydrogens is 350 g/mol. The lowest BCUT2D eigenvalue weighted by atomic mass is 9.98. The first-order valence-corrected chi connectivity index (χ1v) is 10.4. The Morgan fingerprint density at radius 1 is 1.18 bits per heavy atom. The largest absolute Gasteiger partial charge is 0.369 e. The van der Waals surface area contributed by atoms with Crippen LogP contribution in [-0.4, -0.2) is 71.1 Å². The highest BCUT2D eigenvalue weighted by Crippen LogP contribution is 2.20. The minimum atomic E-state index is 0.291. The number of likely N-dealkylation sites (tertiary alicyclic amines) is 1. The topological polar surface area (TPSA) is 44.6 Å². The second kappa shape index (κ2) is 8.78. The van der Waals surface area contributed by atoms with Crippen molar-refractivity contribution in [2.24, 2.45) is 5.92 Å². The van der Waals surface area contributed by atoms with E-state index in [2.05, 4.69) is 55.4 Å². The first kappa shape index (κ1) is 19.0. The Hall–Kier alpha value is -2.34. The second-order valence-corrected chi connectivity index (χ2v) is 8.21. The summed E-state index contributed by atoms with van der Waals surface area (Å²) in [6.07, 6.45) is 7.99. The third-order valence-corrected chi connectivity index (χ3v) is 6.00. The average molecular weight is 382 g/mol. The van der Waals surface area contributed by atoms with E-state index in [0.717, 1.165) is 52.2 Å². The molecule has 6 heteroatoms. The van der Waals surface area contributed by atoms with Crippen molar-refractivity contribution in [3.05, 3.63) is 48.5 Å². The zero-order chi connectivity index (χ0) is 19.3. The highest BCUT2D eigenvalue weighted by Gasteiger charge is 2.26. The number of aromatic nitrogens is 2. The van der Waals surface area contributed by atoms with E-state index in [0.29, 0.717) is 18.4 Å². The molecule has 2 aromatic rings. The van der Waals surface area contributed by atoms with Crippen LogP contribution in [0.1, 0.15) is 18.4 Å². The fraction of sp³-hybridized carbons (Fsp3) is 0.545. The van der Waals surface area contributed by atoms with Gasteiger partial charge in [-0.15, -0.1) is 0 Å². The quantitative estimate of drug-likeness (QED) is 0.797. The maximum atomic E-state index is 12.9. The zero-order valence-electron chi connectivity index (χ0n) is 16.8. The Balaban J connectivity index is 1.25. The molecule has 1 aromatic heterocycles. The number of imidazole rings is 1. The van der Waals surface area contributed by atoms with E-state index in [9.17, 15) is 4.79 Å². The van der Waals surface area contributed by atoms with Gasteiger partial charge in [-0.1, -0.05) is 12.1 Å². The number of benzene rings is 1. The summed E-state index contributed by atoms with van der Waals surface area (Å²) < 4.78 is 2.13. The van der Waals surface area contributed by atoms with Gasteiger partial charge in [0, 0.05) is 63.9 Å². The maximum absolute atomic E-state index is 12.9. The summed E-state index contributed by atoms with van der Waals surface area (Å²) in [7, 11) is 0. The molecule has 28 heavy (non-hydrogen) atoms. The molecule has 0 bridgehead atoms. The van der Waals surface area contributed by atoms with Crippen molar-refractivity contribution in [3.63, 3.8) is 0 Å². The van der Waals surface area contributed by atoms with Crippen LogP contribution in [0.4, 0.5) is 5.69 Å². The Bertz CT molecular complexity index is 767. The number of carbonyl (C=O) groups is 1. The highest BCUT2D eigenvalue weighted by molar-refractivity contribution is 5.78. The number of aryl methyl sites for hydroxylation is 1. The molecule has 1 aromatic carbocycles. The fourth-order valence-corrected chi connectivity index (χ4v) is 4.41. The van der Waals surface area contributed by atoms with Crippen molar-refractivity contribution >= 4 is 11.6 Å². The average Bonchev–Trinajstić information content (AvgIpc) is 3.22. The van der Waals surface area contributed by atoms with E-state index in [1.807, 2.05) is 18.7 Å². The van der Waals surface area contributed by atoms with Gasteiger partial charge in [0.15, 0.2) is 0 Å². The minimum absolute atomic E-state index is 0.291. The van der Waals surface area contributed by atoms with Gasteiger partial charge in [0.2, 0.25) is 5.91 Å². The molecular formula is C22H31N5O. The Kier molecular flexibility index (Phi) is 5.95. The molecule has 2 aliphatic heterocycles. The summed E-state index contributed by atoms with van der Waals surface area (Å²) in [5, 5.41) is 0. The van der Waals surface area contributed by atoms with Gasteiger partial charge >= 0.3 is 0 Å². The van der Waals surface area contributed by atoms with Crippen LogP contribution in [0.5, 0.6) is 0 Å². The van der Waals surface area contributed by atoms with Crippen LogP contribution < -0.4 is 4.90 Å². The first-order chi connectivity index (χ1) is 13.7. The number of rotatable bonds is 5. The van der Waals surface area contributed by atoms with Gasteiger partial charge in [-0.3, -0.25) is 9.69 Å². The standard InChI is InChI=1S/C22H31N5O/c1-19-4-2-6-21(14-19)26-12-10-24(11-13-26)17-22(28)27-8-3-5-20(16-27)15-25-9-7-23-18-25/h2,4,6-7,9,14,18,20H,3,5,8,10-13,15-17H2,1H3. The number of piperazine rings is 1. The normalized spacial score (nSPS) is 21.1. The van der Waals surface area contributed by atoms with Crippen LogP contribution in [0.15, 0.2) is 43.0 Å². The number of hydrogen-bond acceptors (Lipinski definition) is 4. The van der Waals surface area contributed by atoms with E-state index in [4.69, 9.17) is 0 Å². The summed E-state index contributed by atoms with van der Waals surface area (Å²) in [5.74, 6) is 0.824. The maximum Gasteiger partial charge on any atom is 0.236 e. The van der Waals surface area contributed by atoms with E-state index in [1.165, 1.54) is 17.7 Å². The molecule has 0 aliphatic carbocycles. The smallest absolute Gasteiger partial charge is 0.236 e. The van der Waals surface area contributed by atoms with Crippen molar-refractivity contribution in [1.82, 2.24) is 19.4 Å². The van der Waals surface area contributed by atoms with Crippen LogP contribution >= 0.6 is 0 Å². The van der Waals surface area contributed by atoms with E-state index in [-0.39, 0.29) is 0 Å². The van der Waals surface area contributed by atoms with Gasteiger partial charge < -0.3 is 14.4 Å². The van der Waals surface area contributed by atoms with E-state index < -0.39 is 0 Å². The molecule has 1 unspecified atom stereocenters. The number of hydrogen-bond donors (Lipinski definition) is 0. The summed E-state index contributed by atoms with van der Waals surface area (Å²) in [6.45, 7) is 9.30. The Morgan fingerprint density at radius 3 is 2.79 bits per heavy atom. The molecule has 1 amide bonds. The van der Waals surface area contributed by atoms with Crippen LogP contribution in [0.25, 0.3) is 0 Å². The Labute approximate surface area is 167 Å². The van der Waals surface area contributed by atoms with Gasteiger partial charge in [0.05, 0.1) is 12.9 Å². The van der Waals surface area contributed by atoms with Crippen LogP contribution in [-0.2, 0) is 11.3 Å². The van der Waals surface area contributed by atoms with Crippen LogP contribution in [0.2, 0.25) is 0 Å². The van der Waals surface area contributed by atoms with E-state index >= 15 is 0 Å². The first-order valence-electron chi connectivity index (χ1n) is 10.4. The molecule has 0 saturated carbocycles. The van der Waals surface area contributed by atoms with Crippen molar-refractivity contribution in [2.45, 2.75) is 26.3 Å². The van der Waals surface area contributed by atoms with Gasteiger partial charge in [0.1, 0.15) is 0 Å². The molecule has 0 radical (unpaired) electrons. The van der Waals surface area contributed by atoms with Gasteiger partial charge in [0.25, 0.3) is 0 Å². The molecule has 3 heterocycles. The summed E-state index contributed by atoms with van der Waals surface area (Å²) in [4.78, 5) is 23.8. The molecule has 4 rings (SSSR count). The molecule has 6 nitrogen and oxygen atoms in total. The van der Waals surface area contributed by atoms with E-state index in [1.54, 1.807) is 0 Å². The van der Waals surface area contributed by atoms with Gasteiger partial charge in [-0.25, -0.2) is 4.98 Å². The molecule has 2 fully saturated rings. The number of carbonyl (C=O) groups excluding carboxylic acids is 1. The Morgan fingerprint density at radius 2 is 2.04 bits per heavy atom. The number of nitrogens with zero attached hydrogens (tertiary/aromatic N) is 5. The molecule has 1 atom stereocenters. The molecule has 0 N–H and O–H groups in total. The van der Waals surface area contributed by atoms with Crippen LogP contribution in [0.3, 0.4) is 0 Å². The lowest BCUT2D eigenvalue weighted by molar-refractivity contribution is -0.134. The molecule has 2 saturated heterocycles. The van der Waals surface area contributed by atoms with Crippen molar-refractivity contribution in [2.75, 3.05) is 50.7 Å². The lowest BCUT2D eigenvalue weighted by Crippen LogP contribution is -2.51. The second-order valence-electron chi connectivity index (χ2n) is 8.21. The number of anilines is 1. The number of piperidine rings is 1. The predicted octanol–water partition coefficient (Wildman–Crippen LogP) is 2.25. The molecule has 150 valence electrons. The van der Waals surface area contributed by atoms with Gasteiger partial charge in [-0.2, -0.15) is 0 Å². The summed E-state index contributed by atoms with van der Waals surface area (Å²) in [5.41, 5.74) is 2.59. The third kappa shape index (κ3) is 4.73. The monoisotopic (exact) mass is 381 g/mol. The van der Waals surface area contributed by atoms with Gasteiger partial charge in [-0.05, 0) is 43.4 Å². The zero-order valence-corrected chi connectivity index (χ0v) is 16.8. The van der Waals surface area contributed by atoms with Crippen molar-refractivity contribution < 1.29 is 4.79 Å². The fourth-order valence-electron chi connectivity index (χ4n) is 4.41. The third-order valence-electron chi connectivity index (χ3n) is 6.00. The molecule has 0 spiro atoms. The minimum Gasteiger partial charge on any atom is -0.369 e. The van der Waals surface area contributed by atoms with Crippen LogP contribution in [0, 0.1) is 12.8 Å². The van der Waals surface area contributed by atoms with Crippen molar-refractivity contribution in [3.8, 4) is 0 Å². The number of amides is 1. The predicted molar refractivity (Wildman–Crippen MR) is 111 cm³/mol.